The summed E-state index contributed by atoms with van der Waals surface area (Å²) >= 11 is 1.95. The molecule has 1 aromatic heterocycles. The Hall–Kier alpha value is -0.480. The molecule has 1 aliphatic rings. The zero-order valence-electron chi connectivity index (χ0n) is 10.1. The van der Waals surface area contributed by atoms with Gasteiger partial charge in [-0.3, -0.25) is 0 Å². The number of H-pyrrole nitrogens is 1. The van der Waals surface area contributed by atoms with Crippen molar-refractivity contribution in [3.05, 3.63) is 17.7 Å². The minimum absolute atomic E-state index is 0.760. The Bertz CT molecular complexity index is 318. The Morgan fingerprint density at radius 1 is 1.56 bits per heavy atom. The normalized spacial score (nSPS) is 15.9. The van der Waals surface area contributed by atoms with E-state index >= 15 is 0 Å². The maximum Gasteiger partial charge on any atom is 0.116 e. The van der Waals surface area contributed by atoms with Crippen LogP contribution in [-0.4, -0.2) is 21.8 Å². The predicted molar refractivity (Wildman–Crippen MR) is 69.4 cm³/mol. The van der Waals surface area contributed by atoms with Crippen molar-refractivity contribution in [2.45, 2.75) is 45.0 Å². The smallest absolute Gasteiger partial charge is 0.116 e. The highest BCUT2D eigenvalue weighted by Gasteiger charge is 2.20. The summed E-state index contributed by atoms with van der Waals surface area (Å²) in [5.74, 6) is 4.08. The molecular weight excluding hydrogens is 218 g/mol. The monoisotopic (exact) mass is 239 g/mol. The van der Waals surface area contributed by atoms with Gasteiger partial charge in [-0.05, 0) is 24.5 Å². The molecule has 16 heavy (non-hydrogen) atoms. The van der Waals surface area contributed by atoms with Crippen molar-refractivity contribution in [2.24, 2.45) is 5.92 Å². The van der Waals surface area contributed by atoms with E-state index in [4.69, 9.17) is 0 Å². The molecule has 0 aliphatic heterocycles. The van der Waals surface area contributed by atoms with Gasteiger partial charge in [0, 0.05) is 24.5 Å². The second-order valence-electron chi connectivity index (χ2n) is 4.92. The number of nitrogens with one attached hydrogen (secondary N) is 2. The number of imidazole rings is 1. The van der Waals surface area contributed by atoms with E-state index in [1.54, 1.807) is 0 Å². The first-order chi connectivity index (χ1) is 7.74. The van der Waals surface area contributed by atoms with E-state index in [1.807, 2.05) is 18.0 Å². The van der Waals surface area contributed by atoms with Crippen LogP contribution in [0.1, 0.15) is 38.2 Å². The summed E-state index contributed by atoms with van der Waals surface area (Å²) in [6.45, 7) is 5.44. The van der Waals surface area contributed by atoms with Crippen molar-refractivity contribution >= 4 is 11.8 Å². The van der Waals surface area contributed by atoms with Gasteiger partial charge in [0.05, 0.1) is 5.75 Å². The third-order valence-electron chi connectivity index (χ3n) is 2.53. The van der Waals surface area contributed by atoms with Gasteiger partial charge in [-0.2, -0.15) is 11.8 Å². The summed E-state index contributed by atoms with van der Waals surface area (Å²) in [7, 11) is 0. The summed E-state index contributed by atoms with van der Waals surface area (Å²) in [5.41, 5.74) is 1.21. The molecule has 1 fully saturated rings. The molecule has 1 aromatic rings. The average molecular weight is 239 g/mol. The third-order valence-corrected chi connectivity index (χ3v) is 3.91. The summed E-state index contributed by atoms with van der Waals surface area (Å²) < 4.78 is 0. The van der Waals surface area contributed by atoms with Crippen molar-refractivity contribution in [1.29, 1.82) is 0 Å². The molecule has 0 bridgehead atoms. The van der Waals surface area contributed by atoms with Gasteiger partial charge < -0.3 is 10.3 Å². The highest BCUT2D eigenvalue weighted by Crippen LogP contribution is 2.19. The lowest BCUT2D eigenvalue weighted by molar-refractivity contribution is 0.676. The lowest BCUT2D eigenvalue weighted by Crippen LogP contribution is -2.15. The molecule has 0 amide bonds. The Kier molecular flexibility index (Phi) is 4.29. The number of hydrogen-bond acceptors (Lipinski definition) is 3. The van der Waals surface area contributed by atoms with Crippen LogP contribution in [0.4, 0.5) is 0 Å². The zero-order valence-corrected chi connectivity index (χ0v) is 10.9. The van der Waals surface area contributed by atoms with Crippen molar-refractivity contribution in [3.8, 4) is 0 Å². The topological polar surface area (TPSA) is 40.7 Å². The lowest BCUT2D eigenvalue weighted by atomic mass is 10.3. The molecule has 0 saturated heterocycles. The number of hydrogen-bond donors (Lipinski definition) is 2. The second-order valence-corrected chi connectivity index (χ2v) is 5.95. The first-order valence-electron chi connectivity index (χ1n) is 6.08. The molecule has 3 nitrogen and oxygen atoms in total. The average Bonchev–Trinajstić information content (AvgIpc) is 2.96. The van der Waals surface area contributed by atoms with E-state index in [2.05, 4.69) is 29.1 Å². The van der Waals surface area contributed by atoms with Crippen molar-refractivity contribution in [1.82, 2.24) is 15.3 Å². The fourth-order valence-electron chi connectivity index (χ4n) is 1.50. The molecule has 4 heteroatoms. The van der Waals surface area contributed by atoms with Gasteiger partial charge in [-0.25, -0.2) is 4.98 Å². The molecule has 90 valence electrons. The third kappa shape index (κ3) is 4.18. The van der Waals surface area contributed by atoms with Crippen LogP contribution >= 0.6 is 11.8 Å². The fraction of sp³-hybridized carbons (Fsp3) is 0.750. The SMILES string of the molecule is CC(C)CSCc1ncc(CNC2CC2)[nH]1. The molecule has 2 N–H and O–H groups in total. The number of thioether (sulfide) groups is 1. The standard InChI is InChI=1S/C12H21N3S/c1-9(2)7-16-8-12-14-6-11(15-12)5-13-10-3-4-10/h6,9-10,13H,3-5,7-8H2,1-2H3,(H,14,15). The van der Waals surface area contributed by atoms with E-state index in [1.165, 1.54) is 24.3 Å². The van der Waals surface area contributed by atoms with E-state index in [0.29, 0.717) is 0 Å². The molecule has 0 unspecified atom stereocenters. The largest absolute Gasteiger partial charge is 0.344 e. The van der Waals surface area contributed by atoms with Gasteiger partial charge in [0.25, 0.3) is 0 Å². The predicted octanol–water partition coefficient (Wildman–Crippen LogP) is 2.55. The molecule has 0 aromatic carbocycles. The lowest BCUT2D eigenvalue weighted by Gasteiger charge is -2.02. The minimum atomic E-state index is 0.760. The van der Waals surface area contributed by atoms with Crippen LogP contribution in [0.15, 0.2) is 6.20 Å². The number of rotatable bonds is 7. The first-order valence-corrected chi connectivity index (χ1v) is 7.23. The van der Waals surface area contributed by atoms with Crippen LogP contribution in [0, 0.1) is 5.92 Å². The molecule has 1 heterocycles. The number of aromatic nitrogens is 2. The van der Waals surface area contributed by atoms with Crippen LogP contribution in [0.25, 0.3) is 0 Å². The van der Waals surface area contributed by atoms with Gasteiger partial charge >= 0.3 is 0 Å². The van der Waals surface area contributed by atoms with Gasteiger partial charge in [0.1, 0.15) is 5.82 Å². The molecule has 1 saturated carbocycles. The summed E-state index contributed by atoms with van der Waals surface area (Å²) in [6.07, 6.45) is 4.64. The maximum absolute atomic E-state index is 4.40. The van der Waals surface area contributed by atoms with E-state index in [0.717, 1.165) is 30.1 Å². The molecule has 2 rings (SSSR count). The first kappa shape index (κ1) is 12.0. The number of aromatic amines is 1. The Labute approximate surface area is 102 Å². The van der Waals surface area contributed by atoms with E-state index in [9.17, 15) is 0 Å². The van der Waals surface area contributed by atoms with E-state index in [-0.39, 0.29) is 0 Å². The fourth-order valence-corrected chi connectivity index (χ4v) is 2.43. The molecule has 1 aliphatic carbocycles. The van der Waals surface area contributed by atoms with Crippen LogP contribution in [0.2, 0.25) is 0 Å². The molecular formula is C12H21N3S. The van der Waals surface area contributed by atoms with Crippen molar-refractivity contribution in [3.63, 3.8) is 0 Å². The van der Waals surface area contributed by atoms with Crippen LogP contribution in [0.3, 0.4) is 0 Å². The van der Waals surface area contributed by atoms with Crippen LogP contribution in [0.5, 0.6) is 0 Å². The summed E-state index contributed by atoms with van der Waals surface area (Å²) in [5, 5.41) is 3.48. The highest BCUT2D eigenvalue weighted by molar-refractivity contribution is 7.98. The van der Waals surface area contributed by atoms with E-state index < -0.39 is 0 Å². The molecule has 0 radical (unpaired) electrons. The quantitative estimate of drug-likeness (QED) is 0.768. The van der Waals surface area contributed by atoms with Gasteiger partial charge in [-0.1, -0.05) is 13.8 Å². The van der Waals surface area contributed by atoms with Crippen LogP contribution < -0.4 is 5.32 Å². The Morgan fingerprint density at radius 2 is 2.38 bits per heavy atom. The summed E-state index contributed by atoms with van der Waals surface area (Å²) in [4.78, 5) is 7.77. The summed E-state index contributed by atoms with van der Waals surface area (Å²) in [6, 6.07) is 0.766. The second kappa shape index (κ2) is 5.73. The van der Waals surface area contributed by atoms with Gasteiger partial charge in [-0.15, -0.1) is 0 Å². The highest BCUT2D eigenvalue weighted by atomic mass is 32.2. The minimum Gasteiger partial charge on any atom is -0.344 e. The van der Waals surface area contributed by atoms with Gasteiger partial charge in [0.15, 0.2) is 0 Å². The zero-order chi connectivity index (χ0) is 11.4. The van der Waals surface area contributed by atoms with Gasteiger partial charge in [0.2, 0.25) is 0 Å². The Balaban J connectivity index is 1.68. The maximum atomic E-state index is 4.40. The van der Waals surface area contributed by atoms with Crippen molar-refractivity contribution < 1.29 is 0 Å². The molecule has 0 spiro atoms. The number of nitrogens with zero attached hydrogens (tertiary/aromatic N) is 1. The molecule has 0 atom stereocenters. The Morgan fingerprint density at radius 3 is 3.06 bits per heavy atom. The van der Waals surface area contributed by atoms with Crippen molar-refractivity contribution in [2.75, 3.05) is 5.75 Å². The van der Waals surface area contributed by atoms with Crippen LogP contribution in [-0.2, 0) is 12.3 Å².